The lowest BCUT2D eigenvalue weighted by Crippen LogP contribution is -2.24. The molecule has 110 valence electrons. The average molecular weight is 285 g/mol. The van der Waals surface area contributed by atoms with Crippen LogP contribution in [0.5, 0.6) is 11.5 Å². The van der Waals surface area contributed by atoms with Crippen LogP contribution in [0.15, 0.2) is 48.5 Å². The second kappa shape index (κ2) is 7.33. The van der Waals surface area contributed by atoms with Gasteiger partial charge in [0, 0.05) is 18.2 Å². The number of phenols is 2. The van der Waals surface area contributed by atoms with E-state index in [2.05, 4.69) is 17.4 Å². The first-order chi connectivity index (χ1) is 10.1. The van der Waals surface area contributed by atoms with Crippen LogP contribution in [0.2, 0.25) is 0 Å². The molecule has 0 bridgehead atoms. The molecule has 2 aromatic rings. The Morgan fingerprint density at radius 3 is 2.29 bits per heavy atom. The third-order valence-corrected chi connectivity index (χ3v) is 3.19. The molecule has 0 aliphatic carbocycles. The lowest BCUT2D eigenvalue weighted by atomic mass is 10.1. The molecule has 0 heterocycles. The zero-order chi connectivity index (χ0) is 15.1. The second-order valence-electron chi connectivity index (χ2n) is 4.94. The number of phenolic OH excluding ortho intramolecular Hbond substituents is 2. The number of hydrogen-bond acceptors (Lipinski definition) is 3. The van der Waals surface area contributed by atoms with E-state index in [0.29, 0.717) is 6.54 Å². The quantitative estimate of drug-likeness (QED) is 0.715. The molecule has 0 aromatic heterocycles. The van der Waals surface area contributed by atoms with Crippen LogP contribution in [0.1, 0.15) is 28.8 Å². The Morgan fingerprint density at radius 2 is 1.62 bits per heavy atom. The van der Waals surface area contributed by atoms with Crippen molar-refractivity contribution in [3.8, 4) is 11.5 Å². The SMILES string of the molecule is O=C(NCCCCc1ccccc1)c1cc(O)cc(O)c1. The van der Waals surface area contributed by atoms with Crippen molar-refractivity contribution < 1.29 is 15.0 Å². The lowest BCUT2D eigenvalue weighted by Gasteiger charge is -2.06. The van der Waals surface area contributed by atoms with Gasteiger partial charge in [0.15, 0.2) is 0 Å². The van der Waals surface area contributed by atoms with Crippen molar-refractivity contribution >= 4 is 5.91 Å². The highest BCUT2D eigenvalue weighted by Crippen LogP contribution is 2.20. The van der Waals surface area contributed by atoms with E-state index in [-0.39, 0.29) is 23.0 Å². The number of aromatic hydroxyl groups is 2. The van der Waals surface area contributed by atoms with E-state index in [1.54, 1.807) is 0 Å². The molecule has 0 saturated heterocycles. The molecule has 1 amide bonds. The summed E-state index contributed by atoms with van der Waals surface area (Å²) in [5.41, 5.74) is 1.55. The van der Waals surface area contributed by atoms with Crippen LogP contribution >= 0.6 is 0 Å². The molecule has 3 N–H and O–H groups in total. The van der Waals surface area contributed by atoms with Gasteiger partial charge < -0.3 is 15.5 Å². The zero-order valence-electron chi connectivity index (χ0n) is 11.7. The number of unbranched alkanes of at least 4 members (excludes halogenated alkanes) is 1. The first kappa shape index (κ1) is 14.9. The number of carbonyl (C=O) groups excluding carboxylic acids is 1. The molecule has 0 spiro atoms. The van der Waals surface area contributed by atoms with E-state index in [9.17, 15) is 15.0 Å². The average Bonchev–Trinajstić information content (AvgIpc) is 2.47. The Hall–Kier alpha value is -2.49. The molecule has 2 aromatic carbocycles. The van der Waals surface area contributed by atoms with E-state index in [1.807, 2.05) is 18.2 Å². The second-order valence-corrected chi connectivity index (χ2v) is 4.94. The highest BCUT2D eigenvalue weighted by molar-refractivity contribution is 5.95. The van der Waals surface area contributed by atoms with Crippen molar-refractivity contribution in [2.24, 2.45) is 0 Å². The first-order valence-corrected chi connectivity index (χ1v) is 7.00. The fraction of sp³-hybridized carbons (Fsp3) is 0.235. The van der Waals surface area contributed by atoms with Gasteiger partial charge in [0.05, 0.1) is 0 Å². The van der Waals surface area contributed by atoms with Crippen LogP contribution in [0, 0.1) is 0 Å². The summed E-state index contributed by atoms with van der Waals surface area (Å²) in [6.45, 7) is 0.572. The first-order valence-electron chi connectivity index (χ1n) is 7.00. The molecule has 0 fully saturated rings. The van der Waals surface area contributed by atoms with E-state index in [1.165, 1.54) is 23.8 Å². The van der Waals surface area contributed by atoms with Crippen LogP contribution in [-0.4, -0.2) is 22.7 Å². The molecule has 4 nitrogen and oxygen atoms in total. The minimum atomic E-state index is -0.291. The van der Waals surface area contributed by atoms with E-state index < -0.39 is 0 Å². The van der Waals surface area contributed by atoms with Gasteiger partial charge >= 0.3 is 0 Å². The van der Waals surface area contributed by atoms with Crippen LogP contribution in [0.25, 0.3) is 0 Å². The standard InChI is InChI=1S/C17H19NO3/c19-15-10-14(11-16(20)12-15)17(21)18-9-5-4-8-13-6-2-1-3-7-13/h1-3,6-7,10-12,19-20H,4-5,8-9H2,(H,18,21). The number of rotatable bonds is 6. The Labute approximate surface area is 124 Å². The summed E-state index contributed by atoms with van der Waals surface area (Å²) >= 11 is 0. The lowest BCUT2D eigenvalue weighted by molar-refractivity contribution is 0.0952. The number of benzene rings is 2. The predicted molar refractivity (Wildman–Crippen MR) is 81.5 cm³/mol. The molecular weight excluding hydrogens is 266 g/mol. The third-order valence-electron chi connectivity index (χ3n) is 3.19. The number of nitrogens with one attached hydrogen (secondary N) is 1. The van der Waals surface area contributed by atoms with Crippen molar-refractivity contribution in [1.82, 2.24) is 5.32 Å². The summed E-state index contributed by atoms with van der Waals surface area (Å²) in [5.74, 6) is -0.533. The zero-order valence-corrected chi connectivity index (χ0v) is 11.7. The smallest absolute Gasteiger partial charge is 0.251 e. The molecule has 0 aliphatic rings. The number of amides is 1. The van der Waals surface area contributed by atoms with Gasteiger partial charge in [0.2, 0.25) is 0 Å². The highest BCUT2D eigenvalue weighted by atomic mass is 16.3. The minimum Gasteiger partial charge on any atom is -0.508 e. The summed E-state index contributed by atoms with van der Waals surface area (Å²) in [4.78, 5) is 11.8. The van der Waals surface area contributed by atoms with Crippen LogP contribution in [0.4, 0.5) is 0 Å². The molecule has 4 heteroatoms. The molecule has 0 saturated carbocycles. The molecule has 0 aliphatic heterocycles. The van der Waals surface area contributed by atoms with E-state index >= 15 is 0 Å². The van der Waals surface area contributed by atoms with Crippen LogP contribution in [0.3, 0.4) is 0 Å². The largest absolute Gasteiger partial charge is 0.508 e. The predicted octanol–water partition coefficient (Wildman–Crippen LogP) is 2.85. The Bertz CT molecular complexity index is 576. The van der Waals surface area contributed by atoms with Gasteiger partial charge in [-0.2, -0.15) is 0 Å². The van der Waals surface area contributed by atoms with Gasteiger partial charge in [-0.3, -0.25) is 4.79 Å². The van der Waals surface area contributed by atoms with Gasteiger partial charge in [0.25, 0.3) is 5.91 Å². The maximum absolute atomic E-state index is 11.8. The van der Waals surface area contributed by atoms with Crippen molar-refractivity contribution in [2.75, 3.05) is 6.54 Å². The molecular formula is C17H19NO3. The maximum Gasteiger partial charge on any atom is 0.251 e. The number of carbonyl (C=O) groups is 1. The fourth-order valence-electron chi connectivity index (χ4n) is 2.13. The Balaban J connectivity index is 1.72. The summed E-state index contributed by atoms with van der Waals surface area (Å²) in [7, 11) is 0. The van der Waals surface area contributed by atoms with Gasteiger partial charge in [0.1, 0.15) is 11.5 Å². The molecule has 21 heavy (non-hydrogen) atoms. The molecule has 0 atom stereocenters. The van der Waals surface area contributed by atoms with Crippen molar-refractivity contribution in [2.45, 2.75) is 19.3 Å². The van der Waals surface area contributed by atoms with Gasteiger partial charge in [-0.25, -0.2) is 0 Å². The monoisotopic (exact) mass is 285 g/mol. The van der Waals surface area contributed by atoms with Crippen molar-refractivity contribution in [3.05, 3.63) is 59.7 Å². The Morgan fingerprint density at radius 1 is 0.952 bits per heavy atom. The Kier molecular flexibility index (Phi) is 5.21. The van der Waals surface area contributed by atoms with Gasteiger partial charge in [-0.1, -0.05) is 30.3 Å². The molecule has 2 rings (SSSR count). The summed E-state index contributed by atoms with van der Waals surface area (Å²) in [5, 5.41) is 21.5. The number of aryl methyl sites for hydroxylation is 1. The van der Waals surface area contributed by atoms with E-state index in [0.717, 1.165) is 19.3 Å². The van der Waals surface area contributed by atoms with E-state index in [4.69, 9.17) is 0 Å². The highest BCUT2D eigenvalue weighted by Gasteiger charge is 2.07. The summed E-state index contributed by atoms with van der Waals surface area (Å²) < 4.78 is 0. The van der Waals surface area contributed by atoms with Crippen molar-refractivity contribution in [1.29, 1.82) is 0 Å². The van der Waals surface area contributed by atoms with Crippen molar-refractivity contribution in [3.63, 3.8) is 0 Å². The van der Waals surface area contributed by atoms with Gasteiger partial charge in [-0.05, 0) is 37.0 Å². The normalized spacial score (nSPS) is 10.3. The van der Waals surface area contributed by atoms with Gasteiger partial charge in [-0.15, -0.1) is 0 Å². The minimum absolute atomic E-state index is 0.121. The summed E-state index contributed by atoms with van der Waals surface area (Å²) in [6, 6.07) is 14.1. The fourth-order valence-corrected chi connectivity index (χ4v) is 2.13. The third kappa shape index (κ3) is 4.84. The maximum atomic E-state index is 11.8. The van der Waals surface area contributed by atoms with Crippen LogP contribution in [-0.2, 0) is 6.42 Å². The van der Waals surface area contributed by atoms with Crippen LogP contribution < -0.4 is 5.32 Å². The molecule has 0 radical (unpaired) electrons. The topological polar surface area (TPSA) is 69.6 Å². The summed E-state index contributed by atoms with van der Waals surface area (Å²) in [6.07, 6.45) is 2.87. The number of hydrogen-bond donors (Lipinski definition) is 3. The molecule has 0 unspecified atom stereocenters.